The summed E-state index contributed by atoms with van der Waals surface area (Å²) in [4.78, 5) is 18.8. The number of halogens is 1. The van der Waals surface area contributed by atoms with E-state index in [0.717, 1.165) is 5.69 Å². The van der Waals surface area contributed by atoms with Crippen LogP contribution in [0.1, 0.15) is 5.69 Å². The standard InChI is InChI=1S/C13H9ClN4O2/c1-8-6-17(7-16-8)13-9-3-2-4-11(18(19)20)12(9)15-5-10(13)14/h2-7H,1H3. The molecule has 0 atom stereocenters. The zero-order chi connectivity index (χ0) is 14.3. The van der Waals surface area contributed by atoms with Crippen molar-refractivity contribution in [3.05, 3.63) is 57.8 Å². The Labute approximate surface area is 118 Å². The van der Waals surface area contributed by atoms with Crippen LogP contribution in [0, 0.1) is 17.0 Å². The third-order valence-electron chi connectivity index (χ3n) is 2.97. The van der Waals surface area contributed by atoms with Gasteiger partial charge in [-0.05, 0) is 6.92 Å². The molecule has 0 unspecified atom stereocenters. The van der Waals surface area contributed by atoms with Crippen LogP contribution in [0.25, 0.3) is 16.6 Å². The van der Waals surface area contributed by atoms with Crippen LogP contribution in [0.2, 0.25) is 5.02 Å². The highest BCUT2D eigenvalue weighted by atomic mass is 35.5. The van der Waals surface area contributed by atoms with E-state index in [1.165, 1.54) is 12.3 Å². The van der Waals surface area contributed by atoms with Gasteiger partial charge < -0.3 is 4.57 Å². The van der Waals surface area contributed by atoms with Gasteiger partial charge in [-0.2, -0.15) is 0 Å². The van der Waals surface area contributed by atoms with Gasteiger partial charge in [0.2, 0.25) is 0 Å². The largest absolute Gasteiger partial charge is 0.304 e. The fraction of sp³-hybridized carbons (Fsp3) is 0.0769. The average molecular weight is 289 g/mol. The Hall–Kier alpha value is -2.47. The lowest BCUT2D eigenvalue weighted by Crippen LogP contribution is -1.97. The number of nitrogens with zero attached hydrogens (tertiary/aromatic N) is 4. The zero-order valence-electron chi connectivity index (χ0n) is 10.4. The van der Waals surface area contributed by atoms with Crippen LogP contribution < -0.4 is 0 Å². The molecule has 0 aliphatic rings. The van der Waals surface area contributed by atoms with Gasteiger partial charge in [0.1, 0.15) is 5.52 Å². The number of para-hydroxylation sites is 1. The first-order valence-corrected chi connectivity index (χ1v) is 6.18. The summed E-state index contributed by atoms with van der Waals surface area (Å²) in [6, 6.07) is 4.80. The van der Waals surface area contributed by atoms with Crippen LogP contribution in [0.3, 0.4) is 0 Å². The highest BCUT2D eigenvalue weighted by molar-refractivity contribution is 6.33. The maximum atomic E-state index is 11.1. The van der Waals surface area contributed by atoms with Crippen molar-refractivity contribution in [3.8, 4) is 5.69 Å². The maximum Gasteiger partial charge on any atom is 0.295 e. The van der Waals surface area contributed by atoms with Gasteiger partial charge in [0.15, 0.2) is 0 Å². The monoisotopic (exact) mass is 288 g/mol. The van der Waals surface area contributed by atoms with E-state index >= 15 is 0 Å². The number of hydrogen-bond donors (Lipinski definition) is 0. The summed E-state index contributed by atoms with van der Waals surface area (Å²) in [7, 11) is 0. The van der Waals surface area contributed by atoms with E-state index < -0.39 is 4.92 Å². The van der Waals surface area contributed by atoms with Crippen molar-refractivity contribution in [3.63, 3.8) is 0 Å². The third-order valence-corrected chi connectivity index (χ3v) is 3.25. The van der Waals surface area contributed by atoms with E-state index in [4.69, 9.17) is 11.6 Å². The van der Waals surface area contributed by atoms with Crippen LogP contribution >= 0.6 is 11.6 Å². The van der Waals surface area contributed by atoms with E-state index in [9.17, 15) is 10.1 Å². The third kappa shape index (κ3) is 1.90. The fourth-order valence-corrected chi connectivity index (χ4v) is 2.37. The lowest BCUT2D eigenvalue weighted by molar-refractivity contribution is -0.383. The summed E-state index contributed by atoms with van der Waals surface area (Å²) >= 11 is 6.20. The van der Waals surface area contributed by atoms with Crippen molar-refractivity contribution in [2.24, 2.45) is 0 Å². The van der Waals surface area contributed by atoms with Crippen molar-refractivity contribution < 1.29 is 4.92 Å². The number of non-ortho nitro benzene ring substituents is 1. The molecule has 6 nitrogen and oxygen atoms in total. The molecule has 0 saturated heterocycles. The van der Waals surface area contributed by atoms with Crippen molar-refractivity contribution in [2.45, 2.75) is 6.92 Å². The minimum Gasteiger partial charge on any atom is -0.304 e. The molecule has 0 radical (unpaired) electrons. The number of hydrogen-bond acceptors (Lipinski definition) is 4. The second kappa shape index (κ2) is 4.57. The van der Waals surface area contributed by atoms with Crippen LogP contribution in [0.15, 0.2) is 36.9 Å². The van der Waals surface area contributed by atoms with Gasteiger partial charge in [0.25, 0.3) is 5.69 Å². The first kappa shape index (κ1) is 12.6. The molecule has 7 heteroatoms. The Bertz CT molecular complexity index is 828. The maximum absolute atomic E-state index is 11.1. The molecular weight excluding hydrogens is 280 g/mol. The molecule has 2 aromatic heterocycles. The highest BCUT2D eigenvalue weighted by Crippen LogP contribution is 2.32. The smallest absolute Gasteiger partial charge is 0.295 e. The molecule has 0 aliphatic heterocycles. The molecule has 1 aromatic carbocycles. The predicted octanol–water partition coefficient (Wildman–Crippen LogP) is 3.29. The number of imidazole rings is 1. The molecule has 0 saturated carbocycles. The molecule has 3 rings (SSSR count). The number of pyridine rings is 1. The number of aryl methyl sites for hydroxylation is 1. The lowest BCUT2D eigenvalue weighted by atomic mass is 10.1. The first-order chi connectivity index (χ1) is 9.58. The Morgan fingerprint density at radius 2 is 2.15 bits per heavy atom. The fourth-order valence-electron chi connectivity index (χ4n) is 2.12. The van der Waals surface area contributed by atoms with Gasteiger partial charge in [-0.25, -0.2) is 9.97 Å². The van der Waals surface area contributed by atoms with Gasteiger partial charge in [-0.1, -0.05) is 23.7 Å². The van der Waals surface area contributed by atoms with Crippen LogP contribution in [0.5, 0.6) is 0 Å². The molecule has 0 bridgehead atoms. The van der Waals surface area contributed by atoms with Gasteiger partial charge >= 0.3 is 0 Å². The molecule has 20 heavy (non-hydrogen) atoms. The first-order valence-electron chi connectivity index (χ1n) is 5.80. The van der Waals surface area contributed by atoms with Crippen LogP contribution in [-0.4, -0.2) is 19.5 Å². The van der Waals surface area contributed by atoms with E-state index in [1.807, 2.05) is 6.92 Å². The second-order valence-electron chi connectivity index (χ2n) is 4.31. The second-order valence-corrected chi connectivity index (χ2v) is 4.71. The number of fused-ring (bicyclic) bond motifs is 1. The molecule has 0 spiro atoms. The van der Waals surface area contributed by atoms with Gasteiger partial charge in [0.05, 0.1) is 27.7 Å². The molecule has 2 heterocycles. The summed E-state index contributed by atoms with van der Waals surface area (Å²) in [6.07, 6.45) is 4.84. The number of rotatable bonds is 2. The van der Waals surface area contributed by atoms with Crippen molar-refractivity contribution in [2.75, 3.05) is 0 Å². The van der Waals surface area contributed by atoms with E-state index in [2.05, 4.69) is 9.97 Å². The van der Waals surface area contributed by atoms with Crippen molar-refractivity contribution in [1.82, 2.24) is 14.5 Å². The Morgan fingerprint density at radius 1 is 1.35 bits per heavy atom. The molecule has 100 valence electrons. The number of nitro groups is 1. The number of aromatic nitrogens is 3. The summed E-state index contributed by atoms with van der Waals surface area (Å²) in [5.74, 6) is 0. The van der Waals surface area contributed by atoms with Gasteiger partial charge in [-0.15, -0.1) is 0 Å². The van der Waals surface area contributed by atoms with E-state index in [-0.39, 0.29) is 5.69 Å². The Morgan fingerprint density at radius 3 is 2.80 bits per heavy atom. The van der Waals surface area contributed by atoms with Crippen LogP contribution in [-0.2, 0) is 0 Å². The minimum absolute atomic E-state index is 0.0442. The van der Waals surface area contributed by atoms with E-state index in [0.29, 0.717) is 21.6 Å². The number of benzene rings is 1. The molecule has 0 amide bonds. The predicted molar refractivity (Wildman–Crippen MR) is 75.3 cm³/mol. The highest BCUT2D eigenvalue weighted by Gasteiger charge is 2.17. The topological polar surface area (TPSA) is 73.8 Å². The summed E-state index contributed by atoms with van der Waals surface area (Å²) < 4.78 is 1.74. The average Bonchev–Trinajstić information content (AvgIpc) is 2.83. The Balaban J connectivity index is 2.39. The van der Waals surface area contributed by atoms with E-state index in [1.54, 1.807) is 29.2 Å². The quantitative estimate of drug-likeness (QED) is 0.536. The molecular formula is C13H9ClN4O2. The summed E-state index contributed by atoms with van der Waals surface area (Å²) in [5, 5.41) is 12.1. The van der Waals surface area contributed by atoms with Crippen molar-refractivity contribution in [1.29, 1.82) is 0 Å². The summed E-state index contributed by atoms with van der Waals surface area (Å²) in [5.41, 5.74) is 1.73. The van der Waals surface area contributed by atoms with Crippen molar-refractivity contribution >= 4 is 28.2 Å². The van der Waals surface area contributed by atoms with Gasteiger partial charge in [0, 0.05) is 23.8 Å². The zero-order valence-corrected chi connectivity index (χ0v) is 11.2. The molecule has 0 aliphatic carbocycles. The minimum atomic E-state index is -0.452. The Kier molecular flexibility index (Phi) is 2.87. The SMILES string of the molecule is Cc1cn(-c2c(Cl)cnc3c([N+](=O)[O-])cccc23)cn1. The summed E-state index contributed by atoms with van der Waals surface area (Å²) in [6.45, 7) is 1.86. The van der Waals surface area contributed by atoms with Gasteiger partial charge in [-0.3, -0.25) is 10.1 Å². The molecule has 0 N–H and O–H groups in total. The lowest BCUT2D eigenvalue weighted by Gasteiger charge is -2.09. The molecule has 0 fully saturated rings. The van der Waals surface area contributed by atoms with Crippen LogP contribution in [0.4, 0.5) is 5.69 Å². The number of nitro benzene ring substituents is 1. The normalized spacial score (nSPS) is 10.9. The molecule has 3 aromatic rings.